The lowest BCUT2D eigenvalue weighted by atomic mass is 9.83. The van der Waals surface area contributed by atoms with Gasteiger partial charge >= 0.3 is 5.97 Å². The molecule has 14 heavy (non-hydrogen) atoms. The number of carboxylic acid groups (broad SMARTS) is 1. The van der Waals surface area contributed by atoms with Gasteiger partial charge in [-0.1, -0.05) is 0 Å². The Morgan fingerprint density at radius 3 is 2.43 bits per heavy atom. The first-order valence-corrected chi connectivity index (χ1v) is 5.67. The number of carboxylic acids is 1. The predicted molar refractivity (Wildman–Crippen MR) is 56.6 cm³/mol. The molecule has 0 spiro atoms. The van der Waals surface area contributed by atoms with Crippen LogP contribution in [0.25, 0.3) is 0 Å². The highest BCUT2D eigenvalue weighted by atomic mass is 35.5. The number of carbonyl (C=O) groups is 1. The summed E-state index contributed by atoms with van der Waals surface area (Å²) in [6.45, 7) is 0. The van der Waals surface area contributed by atoms with Crippen molar-refractivity contribution in [2.75, 3.05) is 0 Å². The van der Waals surface area contributed by atoms with Crippen LogP contribution in [0.4, 0.5) is 0 Å². The van der Waals surface area contributed by atoms with E-state index in [0.717, 1.165) is 25.7 Å². The second-order valence-corrected chi connectivity index (χ2v) is 4.66. The molecule has 0 heterocycles. The highest BCUT2D eigenvalue weighted by molar-refractivity contribution is 6.20. The van der Waals surface area contributed by atoms with Crippen LogP contribution >= 0.6 is 23.4 Å². The summed E-state index contributed by atoms with van der Waals surface area (Å²) in [6, 6.07) is -0.127. The van der Waals surface area contributed by atoms with E-state index in [1.165, 1.54) is 0 Å². The van der Waals surface area contributed by atoms with Crippen LogP contribution in [0, 0.1) is 5.92 Å². The second kappa shape index (κ2) is 5.79. The highest BCUT2D eigenvalue weighted by Gasteiger charge is 2.27. The Balaban J connectivity index is 2.40. The fourth-order valence-corrected chi connectivity index (χ4v) is 2.47. The summed E-state index contributed by atoms with van der Waals surface area (Å²) in [5.74, 6) is -0.463. The Labute approximate surface area is 93.9 Å². The van der Waals surface area contributed by atoms with Gasteiger partial charge in [0, 0.05) is 11.4 Å². The molecular weight excluding hydrogens is 225 g/mol. The van der Waals surface area contributed by atoms with E-state index in [0.29, 0.717) is 5.92 Å². The molecule has 0 aliphatic heterocycles. The number of hydrogen-bond donors (Lipinski definition) is 2. The van der Waals surface area contributed by atoms with Crippen molar-refractivity contribution in [1.29, 1.82) is 0 Å². The van der Waals surface area contributed by atoms with Crippen LogP contribution in [0.1, 0.15) is 32.1 Å². The maximum absolute atomic E-state index is 10.6. The minimum Gasteiger partial charge on any atom is -0.481 e. The third-order valence-electron chi connectivity index (χ3n) is 2.81. The van der Waals surface area contributed by atoms with Crippen molar-refractivity contribution in [3.8, 4) is 0 Å². The average Bonchev–Trinajstić information content (AvgIpc) is 2.15. The Kier molecular flexibility index (Phi) is 4.99. The van der Waals surface area contributed by atoms with Crippen LogP contribution < -0.4 is 4.84 Å². The first-order chi connectivity index (χ1) is 6.63. The first kappa shape index (κ1) is 12.1. The van der Waals surface area contributed by atoms with Crippen LogP contribution in [0.15, 0.2) is 0 Å². The molecule has 82 valence electrons. The SMILES string of the molecule is O=C(O)CC(NCl)C1CCC(Cl)CC1. The van der Waals surface area contributed by atoms with E-state index < -0.39 is 5.97 Å². The smallest absolute Gasteiger partial charge is 0.304 e. The van der Waals surface area contributed by atoms with E-state index in [1.54, 1.807) is 0 Å². The van der Waals surface area contributed by atoms with E-state index >= 15 is 0 Å². The molecule has 3 nitrogen and oxygen atoms in total. The van der Waals surface area contributed by atoms with Gasteiger partial charge in [0.1, 0.15) is 0 Å². The molecule has 5 heteroatoms. The minimum absolute atomic E-state index is 0.0844. The van der Waals surface area contributed by atoms with Gasteiger partial charge in [-0.3, -0.25) is 4.79 Å². The van der Waals surface area contributed by atoms with E-state index in [9.17, 15) is 4.79 Å². The van der Waals surface area contributed by atoms with Crippen LogP contribution in [0.5, 0.6) is 0 Å². The number of alkyl halides is 1. The molecule has 1 saturated carbocycles. The van der Waals surface area contributed by atoms with E-state index in [2.05, 4.69) is 4.84 Å². The number of halogens is 2. The lowest BCUT2D eigenvalue weighted by molar-refractivity contribution is -0.137. The number of aliphatic carboxylic acids is 1. The molecule has 1 rings (SSSR count). The molecule has 1 fully saturated rings. The monoisotopic (exact) mass is 239 g/mol. The molecule has 0 aromatic carbocycles. The quantitative estimate of drug-likeness (QED) is 0.585. The molecule has 2 N–H and O–H groups in total. The van der Waals surface area contributed by atoms with Gasteiger partial charge in [-0.15, -0.1) is 11.6 Å². The third kappa shape index (κ3) is 3.64. The zero-order chi connectivity index (χ0) is 10.6. The van der Waals surface area contributed by atoms with Crippen LogP contribution in [-0.2, 0) is 4.79 Å². The van der Waals surface area contributed by atoms with E-state index in [1.807, 2.05) is 0 Å². The maximum Gasteiger partial charge on any atom is 0.304 e. The first-order valence-electron chi connectivity index (χ1n) is 4.85. The van der Waals surface area contributed by atoms with Crippen LogP contribution in [0.3, 0.4) is 0 Å². The van der Waals surface area contributed by atoms with Crippen molar-refractivity contribution >= 4 is 29.3 Å². The second-order valence-electron chi connectivity index (χ2n) is 3.83. The summed E-state index contributed by atoms with van der Waals surface area (Å²) in [5.41, 5.74) is 0. The Morgan fingerprint density at radius 2 is 2.00 bits per heavy atom. The summed E-state index contributed by atoms with van der Waals surface area (Å²) in [5, 5.41) is 8.93. The maximum atomic E-state index is 10.6. The topological polar surface area (TPSA) is 49.3 Å². The van der Waals surface area contributed by atoms with Crippen molar-refractivity contribution < 1.29 is 9.90 Å². The van der Waals surface area contributed by atoms with E-state index in [-0.39, 0.29) is 17.8 Å². The molecule has 0 bridgehead atoms. The summed E-state index contributed by atoms with van der Waals surface area (Å²) in [7, 11) is 0. The summed E-state index contributed by atoms with van der Waals surface area (Å²) in [6.07, 6.45) is 3.93. The Hall–Kier alpha value is 0.01000. The van der Waals surface area contributed by atoms with Crippen molar-refractivity contribution in [3.63, 3.8) is 0 Å². The van der Waals surface area contributed by atoms with Gasteiger partial charge in [0.15, 0.2) is 0 Å². The Morgan fingerprint density at radius 1 is 1.43 bits per heavy atom. The molecule has 0 saturated heterocycles. The molecular formula is C9H15Cl2NO2. The summed E-state index contributed by atoms with van der Waals surface area (Å²) in [4.78, 5) is 13.1. The lowest BCUT2D eigenvalue weighted by Gasteiger charge is -2.30. The molecule has 1 aliphatic rings. The number of nitrogens with one attached hydrogen (secondary N) is 1. The van der Waals surface area contributed by atoms with Crippen molar-refractivity contribution in [2.24, 2.45) is 5.92 Å². The third-order valence-corrected chi connectivity index (χ3v) is 3.52. The van der Waals surface area contributed by atoms with Crippen LogP contribution in [0.2, 0.25) is 0 Å². The average molecular weight is 240 g/mol. The normalized spacial score (nSPS) is 29.9. The van der Waals surface area contributed by atoms with Gasteiger partial charge in [0.05, 0.1) is 6.42 Å². The standard InChI is InChI=1S/C9H15Cl2NO2/c10-7-3-1-6(2-4-7)8(12-11)5-9(13)14/h6-8,12H,1-5H2,(H,13,14). The molecule has 1 atom stereocenters. The lowest BCUT2D eigenvalue weighted by Crippen LogP contribution is -2.35. The molecule has 0 aromatic rings. The predicted octanol–water partition coefficient (Wildman–Crippen LogP) is 2.37. The van der Waals surface area contributed by atoms with Gasteiger partial charge in [-0.25, -0.2) is 4.84 Å². The minimum atomic E-state index is -0.809. The Bertz CT molecular complexity index is 193. The summed E-state index contributed by atoms with van der Waals surface area (Å²) >= 11 is 11.5. The number of hydrogen-bond acceptors (Lipinski definition) is 2. The fourth-order valence-electron chi connectivity index (χ4n) is 1.96. The van der Waals surface area contributed by atoms with Crippen molar-refractivity contribution in [1.82, 2.24) is 4.84 Å². The molecule has 0 aromatic heterocycles. The largest absolute Gasteiger partial charge is 0.481 e. The van der Waals surface area contributed by atoms with Crippen molar-refractivity contribution in [3.05, 3.63) is 0 Å². The van der Waals surface area contributed by atoms with Crippen molar-refractivity contribution in [2.45, 2.75) is 43.5 Å². The van der Waals surface area contributed by atoms with Gasteiger partial charge in [-0.05, 0) is 43.4 Å². The van der Waals surface area contributed by atoms with Gasteiger partial charge in [-0.2, -0.15) is 0 Å². The number of rotatable bonds is 4. The fraction of sp³-hybridized carbons (Fsp3) is 0.889. The summed E-state index contributed by atoms with van der Waals surface area (Å²) < 4.78 is 0. The van der Waals surface area contributed by atoms with Gasteiger partial charge in [0.25, 0.3) is 0 Å². The van der Waals surface area contributed by atoms with E-state index in [4.69, 9.17) is 28.5 Å². The highest BCUT2D eigenvalue weighted by Crippen LogP contribution is 2.30. The van der Waals surface area contributed by atoms with Crippen LogP contribution in [-0.4, -0.2) is 22.5 Å². The van der Waals surface area contributed by atoms with Gasteiger partial charge < -0.3 is 5.11 Å². The molecule has 1 unspecified atom stereocenters. The zero-order valence-corrected chi connectivity index (χ0v) is 9.39. The molecule has 0 amide bonds. The molecule has 1 aliphatic carbocycles. The van der Waals surface area contributed by atoms with Gasteiger partial charge in [0.2, 0.25) is 0 Å². The molecule has 0 radical (unpaired) electrons. The zero-order valence-electron chi connectivity index (χ0n) is 7.88.